The smallest absolute Gasteiger partial charge is 0.244 e. The molecule has 0 bridgehead atoms. The molecule has 2 fully saturated rings. The molecule has 0 radical (unpaired) electrons. The van der Waals surface area contributed by atoms with Gasteiger partial charge in [-0.1, -0.05) is 17.7 Å². The minimum Gasteiger partial charge on any atom is -0.311 e. The normalized spacial score (nSPS) is 28.0. The Labute approximate surface area is 138 Å². The van der Waals surface area contributed by atoms with Gasteiger partial charge in [0.1, 0.15) is 9.84 Å². The summed E-state index contributed by atoms with van der Waals surface area (Å²) in [7, 11) is -2.90. The molecule has 1 atom stereocenters. The van der Waals surface area contributed by atoms with Gasteiger partial charge in [-0.2, -0.15) is 0 Å². The molecule has 1 saturated heterocycles. The van der Waals surface area contributed by atoms with E-state index in [1.165, 1.54) is 11.8 Å². The molecule has 1 N–H and O–H groups in total. The number of nitrogens with zero attached hydrogens (tertiary/aromatic N) is 1. The molecule has 1 aliphatic carbocycles. The highest BCUT2D eigenvalue weighted by molar-refractivity contribution is 7.90. The highest BCUT2D eigenvalue weighted by Gasteiger charge is 2.38. The molecule has 1 aromatic carbocycles. The summed E-state index contributed by atoms with van der Waals surface area (Å²) in [5.41, 5.74) is 2.13. The van der Waals surface area contributed by atoms with Crippen LogP contribution in [0.2, 0.25) is 0 Å². The number of carbonyl (C=O) groups is 1. The molecule has 126 valence electrons. The molecule has 1 saturated carbocycles. The van der Waals surface area contributed by atoms with Gasteiger partial charge in [-0.15, -0.1) is 0 Å². The van der Waals surface area contributed by atoms with Gasteiger partial charge in [0.25, 0.3) is 0 Å². The van der Waals surface area contributed by atoms with Crippen molar-refractivity contribution in [3.8, 4) is 0 Å². The summed E-state index contributed by atoms with van der Waals surface area (Å²) in [6.07, 6.45) is 3.79. The number of hydrogen-bond acceptors (Lipinski definition) is 4. The molecular formula is C17H24N2O3S. The van der Waals surface area contributed by atoms with Gasteiger partial charge < -0.3 is 10.2 Å². The van der Waals surface area contributed by atoms with Crippen LogP contribution in [0.25, 0.3) is 0 Å². The second kappa shape index (κ2) is 6.24. The number of hydrogen-bond donors (Lipinski definition) is 1. The Hall–Kier alpha value is -1.40. The molecule has 3 rings (SSSR count). The van der Waals surface area contributed by atoms with E-state index in [4.69, 9.17) is 0 Å². The lowest BCUT2D eigenvalue weighted by atomic mass is 9.81. The van der Waals surface area contributed by atoms with E-state index in [0.717, 1.165) is 31.5 Å². The maximum Gasteiger partial charge on any atom is 0.244 e. The second-order valence-corrected chi connectivity index (χ2v) is 9.14. The zero-order chi connectivity index (χ0) is 16.6. The van der Waals surface area contributed by atoms with Crippen molar-refractivity contribution in [2.24, 2.45) is 5.92 Å². The fraction of sp³-hybridized carbons (Fsp3) is 0.588. The quantitative estimate of drug-likeness (QED) is 0.885. The SMILES string of the molecule is Cc1ccc(N2CCC(NC3CC(CS(C)(=O)=O)C3)C2=O)cc1. The predicted octanol–water partition coefficient (Wildman–Crippen LogP) is 1.51. The largest absolute Gasteiger partial charge is 0.311 e. The summed E-state index contributed by atoms with van der Waals surface area (Å²) in [5, 5.41) is 3.41. The molecular weight excluding hydrogens is 312 g/mol. The second-order valence-electron chi connectivity index (χ2n) is 6.96. The lowest BCUT2D eigenvalue weighted by molar-refractivity contribution is -0.119. The maximum atomic E-state index is 12.5. The molecule has 1 aromatic rings. The molecule has 1 heterocycles. The standard InChI is InChI=1S/C17H24N2O3S/c1-12-3-5-15(6-4-12)19-8-7-16(17(19)20)18-14-9-13(10-14)11-23(2,21)22/h3-6,13-14,16,18H,7-11H2,1-2H3. The fourth-order valence-electron chi connectivity index (χ4n) is 3.54. The van der Waals surface area contributed by atoms with Gasteiger partial charge in [0.15, 0.2) is 0 Å². The Morgan fingerprint density at radius 3 is 2.48 bits per heavy atom. The van der Waals surface area contributed by atoms with Gasteiger partial charge in [-0.25, -0.2) is 8.42 Å². The van der Waals surface area contributed by atoms with Crippen LogP contribution in [0.4, 0.5) is 5.69 Å². The van der Waals surface area contributed by atoms with Crippen LogP contribution in [-0.4, -0.2) is 45.0 Å². The summed E-state index contributed by atoms with van der Waals surface area (Å²) < 4.78 is 22.6. The molecule has 5 nitrogen and oxygen atoms in total. The minimum absolute atomic E-state index is 0.125. The van der Waals surface area contributed by atoms with Crippen LogP contribution in [0, 0.1) is 12.8 Å². The van der Waals surface area contributed by atoms with Crippen LogP contribution in [-0.2, 0) is 14.6 Å². The number of rotatable bonds is 5. The van der Waals surface area contributed by atoms with Gasteiger partial charge >= 0.3 is 0 Å². The number of sulfone groups is 1. The van der Waals surface area contributed by atoms with Crippen molar-refractivity contribution in [1.29, 1.82) is 0 Å². The van der Waals surface area contributed by atoms with E-state index in [0.29, 0.717) is 0 Å². The number of benzene rings is 1. The molecule has 0 aromatic heterocycles. The highest BCUT2D eigenvalue weighted by atomic mass is 32.2. The minimum atomic E-state index is -2.90. The molecule has 1 amide bonds. The lowest BCUT2D eigenvalue weighted by Gasteiger charge is -2.37. The molecule has 0 spiro atoms. The third kappa shape index (κ3) is 3.93. The first-order chi connectivity index (χ1) is 10.8. The van der Waals surface area contributed by atoms with Gasteiger partial charge in [0.05, 0.1) is 11.8 Å². The van der Waals surface area contributed by atoms with Crippen molar-refractivity contribution < 1.29 is 13.2 Å². The zero-order valence-electron chi connectivity index (χ0n) is 13.7. The Balaban J connectivity index is 1.52. The van der Waals surface area contributed by atoms with Crippen molar-refractivity contribution >= 4 is 21.4 Å². The predicted molar refractivity (Wildman–Crippen MR) is 91.3 cm³/mol. The highest BCUT2D eigenvalue weighted by Crippen LogP contribution is 2.30. The van der Waals surface area contributed by atoms with Crippen molar-refractivity contribution in [3.05, 3.63) is 29.8 Å². The van der Waals surface area contributed by atoms with E-state index in [2.05, 4.69) is 5.32 Å². The summed E-state index contributed by atoms with van der Waals surface area (Å²) in [6.45, 7) is 2.77. The topological polar surface area (TPSA) is 66.5 Å². The lowest BCUT2D eigenvalue weighted by Crippen LogP contribution is -2.50. The average Bonchev–Trinajstić information content (AvgIpc) is 2.77. The van der Waals surface area contributed by atoms with Gasteiger partial charge in [0.2, 0.25) is 5.91 Å². The van der Waals surface area contributed by atoms with Crippen molar-refractivity contribution in [3.63, 3.8) is 0 Å². The van der Waals surface area contributed by atoms with Crippen LogP contribution < -0.4 is 10.2 Å². The van der Waals surface area contributed by atoms with Crippen molar-refractivity contribution in [2.75, 3.05) is 23.5 Å². The monoisotopic (exact) mass is 336 g/mol. The van der Waals surface area contributed by atoms with E-state index in [-0.39, 0.29) is 29.7 Å². The maximum absolute atomic E-state index is 12.5. The van der Waals surface area contributed by atoms with Crippen LogP contribution in [0.15, 0.2) is 24.3 Å². The van der Waals surface area contributed by atoms with Crippen LogP contribution in [0.1, 0.15) is 24.8 Å². The Bertz CT molecular complexity index is 678. The number of aryl methyl sites for hydroxylation is 1. The first-order valence-electron chi connectivity index (χ1n) is 8.13. The van der Waals surface area contributed by atoms with Crippen LogP contribution in [0.3, 0.4) is 0 Å². The summed E-state index contributed by atoms with van der Waals surface area (Å²) in [6, 6.07) is 8.15. The summed E-state index contributed by atoms with van der Waals surface area (Å²) >= 11 is 0. The molecule has 1 unspecified atom stereocenters. The molecule has 6 heteroatoms. The number of nitrogens with one attached hydrogen (secondary N) is 1. The van der Waals surface area contributed by atoms with Gasteiger partial charge in [-0.3, -0.25) is 4.79 Å². The number of carbonyl (C=O) groups excluding carboxylic acids is 1. The van der Waals surface area contributed by atoms with E-state index in [1.807, 2.05) is 36.1 Å². The van der Waals surface area contributed by atoms with E-state index < -0.39 is 9.84 Å². The molecule has 1 aliphatic heterocycles. The van der Waals surface area contributed by atoms with E-state index in [9.17, 15) is 13.2 Å². The van der Waals surface area contributed by atoms with E-state index >= 15 is 0 Å². The van der Waals surface area contributed by atoms with Crippen molar-refractivity contribution in [2.45, 2.75) is 38.3 Å². The Morgan fingerprint density at radius 2 is 1.87 bits per heavy atom. The van der Waals surface area contributed by atoms with Crippen LogP contribution >= 0.6 is 0 Å². The van der Waals surface area contributed by atoms with Crippen molar-refractivity contribution in [1.82, 2.24) is 5.32 Å². The average molecular weight is 336 g/mol. The molecule has 23 heavy (non-hydrogen) atoms. The van der Waals surface area contributed by atoms with E-state index in [1.54, 1.807) is 0 Å². The Morgan fingerprint density at radius 1 is 1.22 bits per heavy atom. The first kappa shape index (κ1) is 16.5. The van der Waals surface area contributed by atoms with Gasteiger partial charge in [0, 0.05) is 24.5 Å². The third-order valence-corrected chi connectivity index (χ3v) is 5.84. The summed E-state index contributed by atoms with van der Waals surface area (Å²) in [4.78, 5) is 14.4. The Kier molecular flexibility index (Phi) is 4.47. The zero-order valence-corrected chi connectivity index (χ0v) is 14.5. The van der Waals surface area contributed by atoms with Gasteiger partial charge in [-0.05, 0) is 44.2 Å². The number of anilines is 1. The molecule has 2 aliphatic rings. The number of amides is 1. The third-order valence-electron chi connectivity index (χ3n) is 4.76. The first-order valence-corrected chi connectivity index (χ1v) is 10.2. The van der Waals surface area contributed by atoms with Crippen LogP contribution in [0.5, 0.6) is 0 Å². The summed E-state index contributed by atoms with van der Waals surface area (Å²) in [5.74, 6) is 0.631. The fourth-order valence-corrected chi connectivity index (χ4v) is 4.66.